The molecule has 0 saturated carbocycles. The third-order valence-electron chi connectivity index (χ3n) is 3.02. The fraction of sp³-hybridized carbons (Fsp3) is 0.900. The number of amides is 1. The third kappa shape index (κ3) is 3.02. The van der Waals surface area contributed by atoms with Gasteiger partial charge in [-0.1, -0.05) is 0 Å². The maximum Gasteiger partial charge on any atom is 0.257 e. The minimum absolute atomic E-state index is 0.0676. The molecule has 2 fully saturated rings. The van der Waals surface area contributed by atoms with E-state index in [0.717, 1.165) is 12.8 Å². The quantitative estimate of drug-likeness (QED) is 0.708. The highest BCUT2D eigenvalue weighted by atomic mass is 32.2. The SMILES string of the molecule is O=C(N=S1(=O)CCNCC1)C1CCOCC1. The molecule has 2 heterocycles. The van der Waals surface area contributed by atoms with E-state index in [0.29, 0.717) is 37.8 Å². The van der Waals surface area contributed by atoms with Crippen LogP contribution in [0.15, 0.2) is 4.36 Å². The summed E-state index contributed by atoms with van der Waals surface area (Å²) in [5.74, 6) is 0.765. The lowest BCUT2D eigenvalue weighted by atomic mass is 10.0. The van der Waals surface area contributed by atoms with E-state index in [1.807, 2.05) is 0 Å². The molecule has 2 rings (SSSR count). The highest BCUT2D eigenvalue weighted by Crippen LogP contribution is 2.17. The second-order valence-corrected chi connectivity index (χ2v) is 6.79. The zero-order valence-electron chi connectivity index (χ0n) is 9.31. The normalized spacial score (nSPS) is 26.2. The molecule has 2 saturated heterocycles. The maximum atomic E-state index is 12.2. The van der Waals surface area contributed by atoms with Crippen LogP contribution in [0.4, 0.5) is 0 Å². The Balaban J connectivity index is 2.03. The van der Waals surface area contributed by atoms with E-state index in [-0.39, 0.29) is 11.8 Å². The van der Waals surface area contributed by atoms with Gasteiger partial charge in [0.05, 0.1) is 9.73 Å². The van der Waals surface area contributed by atoms with Crippen molar-refractivity contribution in [2.24, 2.45) is 10.3 Å². The van der Waals surface area contributed by atoms with E-state index >= 15 is 0 Å². The number of ether oxygens (including phenoxy) is 1. The predicted molar refractivity (Wildman–Crippen MR) is 61.7 cm³/mol. The first kappa shape index (κ1) is 12.0. The molecular weight excluding hydrogens is 228 g/mol. The number of nitrogens with zero attached hydrogens (tertiary/aromatic N) is 1. The van der Waals surface area contributed by atoms with E-state index in [4.69, 9.17) is 4.74 Å². The van der Waals surface area contributed by atoms with Crippen LogP contribution in [0.25, 0.3) is 0 Å². The lowest BCUT2D eigenvalue weighted by Crippen LogP contribution is -2.36. The Morgan fingerprint density at radius 2 is 1.88 bits per heavy atom. The van der Waals surface area contributed by atoms with Crippen LogP contribution in [-0.2, 0) is 19.3 Å². The van der Waals surface area contributed by atoms with Crippen LogP contribution >= 0.6 is 0 Å². The van der Waals surface area contributed by atoms with E-state index < -0.39 is 9.73 Å². The zero-order valence-corrected chi connectivity index (χ0v) is 10.1. The summed E-state index contributed by atoms with van der Waals surface area (Å²) in [7, 11) is -2.27. The molecule has 0 unspecified atom stereocenters. The number of hydrogen-bond donors (Lipinski definition) is 1. The van der Waals surface area contributed by atoms with Gasteiger partial charge in [-0.25, -0.2) is 4.21 Å². The van der Waals surface area contributed by atoms with Crippen molar-refractivity contribution in [1.82, 2.24) is 5.32 Å². The summed E-state index contributed by atoms with van der Waals surface area (Å²) in [4.78, 5) is 11.8. The molecule has 16 heavy (non-hydrogen) atoms. The number of hydrogen-bond acceptors (Lipinski definition) is 4. The van der Waals surface area contributed by atoms with Crippen molar-refractivity contribution in [2.45, 2.75) is 12.8 Å². The Morgan fingerprint density at radius 1 is 1.25 bits per heavy atom. The molecule has 0 aliphatic carbocycles. The van der Waals surface area contributed by atoms with E-state index in [1.165, 1.54) is 0 Å². The van der Waals surface area contributed by atoms with Gasteiger partial charge in [0.25, 0.3) is 5.91 Å². The van der Waals surface area contributed by atoms with Gasteiger partial charge in [0.1, 0.15) is 0 Å². The summed E-state index contributed by atoms with van der Waals surface area (Å²) < 4.78 is 21.4. The fourth-order valence-corrected chi connectivity index (χ4v) is 3.75. The number of nitrogens with one attached hydrogen (secondary N) is 1. The molecule has 0 aromatic heterocycles. The molecule has 0 aromatic carbocycles. The van der Waals surface area contributed by atoms with Crippen LogP contribution in [0.3, 0.4) is 0 Å². The minimum Gasteiger partial charge on any atom is -0.381 e. The second kappa shape index (κ2) is 5.25. The standard InChI is InChI=1S/C10H18N2O3S/c13-10(9-1-5-15-6-2-9)12-16(14)7-3-11-4-8-16/h9,11H,1-8H2. The molecule has 1 N–H and O–H groups in total. The summed E-state index contributed by atoms with van der Waals surface area (Å²) in [6.07, 6.45) is 1.44. The molecule has 0 spiro atoms. The van der Waals surface area contributed by atoms with Gasteiger partial charge in [-0.2, -0.15) is 4.36 Å². The topological polar surface area (TPSA) is 67.8 Å². The number of carbonyl (C=O) groups excluding carboxylic acids is 1. The predicted octanol–water partition coefficient (Wildman–Crippen LogP) is 0.0108. The largest absolute Gasteiger partial charge is 0.381 e. The average Bonchev–Trinajstić information content (AvgIpc) is 2.30. The van der Waals surface area contributed by atoms with Gasteiger partial charge < -0.3 is 10.1 Å². The summed E-state index contributed by atoms with van der Waals surface area (Å²) in [5, 5.41) is 3.12. The third-order valence-corrected chi connectivity index (χ3v) is 5.22. The zero-order chi connectivity index (χ0) is 11.4. The first-order valence-corrected chi connectivity index (χ1v) is 7.60. The lowest BCUT2D eigenvalue weighted by Gasteiger charge is -2.21. The van der Waals surface area contributed by atoms with Crippen LogP contribution in [0.1, 0.15) is 12.8 Å². The molecule has 6 heteroatoms. The Hall–Kier alpha value is -0.460. The van der Waals surface area contributed by atoms with Crippen molar-refractivity contribution >= 4 is 15.6 Å². The monoisotopic (exact) mass is 246 g/mol. The number of rotatable bonds is 1. The molecule has 0 atom stereocenters. The van der Waals surface area contributed by atoms with E-state index in [9.17, 15) is 9.00 Å². The Kier molecular flexibility index (Phi) is 3.94. The first-order valence-electron chi connectivity index (χ1n) is 5.74. The molecule has 1 amide bonds. The van der Waals surface area contributed by atoms with Gasteiger partial charge in [0, 0.05) is 43.7 Å². The van der Waals surface area contributed by atoms with Crippen LogP contribution in [0.5, 0.6) is 0 Å². The minimum atomic E-state index is -2.27. The summed E-state index contributed by atoms with van der Waals surface area (Å²) in [6, 6.07) is 0. The summed E-state index contributed by atoms with van der Waals surface area (Å²) in [6.45, 7) is 2.64. The highest BCUT2D eigenvalue weighted by Gasteiger charge is 2.24. The van der Waals surface area contributed by atoms with Gasteiger partial charge in [-0.15, -0.1) is 0 Å². The summed E-state index contributed by atoms with van der Waals surface area (Å²) in [5.41, 5.74) is 0. The Morgan fingerprint density at radius 3 is 2.50 bits per heavy atom. The Bertz CT molecular complexity index is 356. The molecule has 5 nitrogen and oxygen atoms in total. The van der Waals surface area contributed by atoms with Crippen LogP contribution in [0, 0.1) is 5.92 Å². The highest BCUT2D eigenvalue weighted by molar-refractivity contribution is 7.94. The fourth-order valence-electron chi connectivity index (χ4n) is 1.96. The van der Waals surface area contributed by atoms with Crippen molar-refractivity contribution in [1.29, 1.82) is 0 Å². The van der Waals surface area contributed by atoms with E-state index in [1.54, 1.807) is 0 Å². The average molecular weight is 246 g/mol. The van der Waals surface area contributed by atoms with Gasteiger partial charge >= 0.3 is 0 Å². The van der Waals surface area contributed by atoms with Crippen molar-refractivity contribution < 1.29 is 13.7 Å². The van der Waals surface area contributed by atoms with E-state index in [2.05, 4.69) is 9.68 Å². The molecule has 0 radical (unpaired) electrons. The van der Waals surface area contributed by atoms with Crippen molar-refractivity contribution in [3.05, 3.63) is 0 Å². The Labute approximate surface area is 96.1 Å². The molecule has 92 valence electrons. The molecule has 0 bridgehead atoms. The molecule has 2 aliphatic rings. The van der Waals surface area contributed by atoms with Crippen molar-refractivity contribution in [3.8, 4) is 0 Å². The molecular formula is C10H18N2O3S. The maximum absolute atomic E-state index is 12.2. The van der Waals surface area contributed by atoms with Crippen LogP contribution in [0.2, 0.25) is 0 Å². The van der Waals surface area contributed by atoms with Crippen molar-refractivity contribution in [3.63, 3.8) is 0 Å². The van der Waals surface area contributed by atoms with Crippen LogP contribution in [-0.4, -0.2) is 47.9 Å². The molecule has 0 aromatic rings. The van der Waals surface area contributed by atoms with Crippen molar-refractivity contribution in [2.75, 3.05) is 37.8 Å². The van der Waals surface area contributed by atoms with Gasteiger partial charge in [-0.3, -0.25) is 4.79 Å². The van der Waals surface area contributed by atoms with Gasteiger partial charge in [0.2, 0.25) is 0 Å². The smallest absolute Gasteiger partial charge is 0.257 e. The second-order valence-electron chi connectivity index (χ2n) is 4.25. The number of carbonyl (C=O) groups is 1. The van der Waals surface area contributed by atoms with Gasteiger partial charge in [0.15, 0.2) is 0 Å². The first-order chi connectivity index (χ1) is 7.70. The summed E-state index contributed by atoms with van der Waals surface area (Å²) >= 11 is 0. The molecule has 2 aliphatic heterocycles. The lowest BCUT2D eigenvalue weighted by molar-refractivity contribution is -0.124. The van der Waals surface area contributed by atoms with Gasteiger partial charge in [-0.05, 0) is 12.8 Å². The van der Waals surface area contributed by atoms with Crippen LogP contribution < -0.4 is 5.32 Å².